The maximum absolute atomic E-state index is 12.9. The maximum Gasteiger partial charge on any atom is 0.336 e. The number of hydrogen-bond donors (Lipinski definition) is 0. The highest BCUT2D eigenvalue weighted by Gasteiger charge is 2.51. The molecule has 6 nitrogen and oxygen atoms in total. The minimum atomic E-state index is -2.69. The van der Waals surface area contributed by atoms with Gasteiger partial charge in [-0.3, -0.25) is 0 Å². The molecule has 7 heteroatoms. The molecule has 4 rings (SSSR count). The van der Waals surface area contributed by atoms with Gasteiger partial charge >= 0.3 is 5.97 Å². The average molecular weight is 549 g/mol. The highest BCUT2D eigenvalue weighted by molar-refractivity contribution is 6.99. The number of esters is 1. The van der Waals surface area contributed by atoms with E-state index in [4.69, 9.17) is 23.4 Å². The Morgan fingerprint density at radius 2 is 1.41 bits per heavy atom. The standard InChI is InChI=1S/C32H40O6Si/c1-32(2,3)39(26-16-10-6-11-17-26,27-18-12-7-13-19-27)37-21-20-29-28(23-35-24-34-4)30(31(33)38-29)36-22-25-14-8-5-9-15-25/h5-19,28-30H,20-24H2,1-4H3/t28-,29+,30-/m1/s1. The van der Waals surface area contributed by atoms with Gasteiger partial charge < -0.3 is 23.4 Å². The molecule has 0 aromatic heterocycles. The molecular formula is C32H40O6Si. The normalized spacial score (nSPS) is 19.7. The second-order valence-electron chi connectivity index (χ2n) is 10.9. The van der Waals surface area contributed by atoms with E-state index in [0.717, 1.165) is 5.56 Å². The Balaban J connectivity index is 1.53. The molecule has 1 heterocycles. The molecule has 39 heavy (non-hydrogen) atoms. The van der Waals surface area contributed by atoms with Crippen LogP contribution in [0.1, 0.15) is 32.8 Å². The van der Waals surface area contributed by atoms with Gasteiger partial charge in [-0.05, 0) is 21.0 Å². The van der Waals surface area contributed by atoms with Gasteiger partial charge in [-0.15, -0.1) is 0 Å². The predicted octanol–water partition coefficient (Wildman–Crippen LogP) is 4.70. The van der Waals surface area contributed by atoms with Gasteiger partial charge in [-0.1, -0.05) is 112 Å². The molecular weight excluding hydrogens is 508 g/mol. The summed E-state index contributed by atoms with van der Waals surface area (Å²) in [6.45, 7) is 7.96. The summed E-state index contributed by atoms with van der Waals surface area (Å²) in [7, 11) is -1.11. The predicted molar refractivity (Wildman–Crippen MR) is 154 cm³/mol. The van der Waals surface area contributed by atoms with Crippen molar-refractivity contribution in [2.45, 2.75) is 51.0 Å². The fraction of sp³-hybridized carbons (Fsp3) is 0.406. The fourth-order valence-corrected chi connectivity index (χ4v) is 10.0. The minimum Gasteiger partial charge on any atom is -0.460 e. The van der Waals surface area contributed by atoms with Gasteiger partial charge in [0, 0.05) is 20.1 Å². The van der Waals surface area contributed by atoms with Gasteiger partial charge in [0.1, 0.15) is 12.9 Å². The van der Waals surface area contributed by atoms with Crippen LogP contribution in [-0.2, 0) is 34.8 Å². The zero-order valence-electron chi connectivity index (χ0n) is 23.4. The zero-order valence-corrected chi connectivity index (χ0v) is 24.4. The number of cyclic esters (lactones) is 1. The third kappa shape index (κ3) is 6.86. The van der Waals surface area contributed by atoms with Crippen molar-refractivity contribution in [3.05, 3.63) is 96.6 Å². The van der Waals surface area contributed by atoms with Crippen molar-refractivity contribution in [1.82, 2.24) is 0 Å². The van der Waals surface area contributed by atoms with Crippen LogP contribution in [-0.4, -0.2) is 53.6 Å². The summed E-state index contributed by atoms with van der Waals surface area (Å²) in [6, 6.07) is 30.9. The van der Waals surface area contributed by atoms with Gasteiger partial charge in [0.05, 0.1) is 19.1 Å². The number of carbonyl (C=O) groups is 1. The van der Waals surface area contributed by atoms with E-state index in [1.165, 1.54) is 10.4 Å². The molecule has 0 aliphatic carbocycles. The van der Waals surface area contributed by atoms with E-state index in [0.29, 0.717) is 26.2 Å². The summed E-state index contributed by atoms with van der Waals surface area (Å²) in [5.74, 6) is -0.619. The third-order valence-corrected chi connectivity index (χ3v) is 12.3. The van der Waals surface area contributed by atoms with E-state index < -0.39 is 14.4 Å². The monoisotopic (exact) mass is 548 g/mol. The average Bonchev–Trinajstić information content (AvgIpc) is 3.24. The smallest absolute Gasteiger partial charge is 0.336 e. The van der Waals surface area contributed by atoms with Crippen LogP contribution in [0.5, 0.6) is 0 Å². The van der Waals surface area contributed by atoms with Crippen molar-refractivity contribution in [3.8, 4) is 0 Å². The topological polar surface area (TPSA) is 63.2 Å². The molecule has 0 N–H and O–H groups in total. The van der Waals surface area contributed by atoms with E-state index in [1.807, 2.05) is 42.5 Å². The molecule has 3 atom stereocenters. The van der Waals surface area contributed by atoms with Crippen LogP contribution in [0.4, 0.5) is 0 Å². The lowest BCUT2D eigenvalue weighted by Crippen LogP contribution is -2.66. The zero-order chi connectivity index (χ0) is 27.7. The summed E-state index contributed by atoms with van der Waals surface area (Å²) in [5, 5.41) is 2.30. The lowest BCUT2D eigenvalue weighted by atomic mass is 9.97. The number of carbonyl (C=O) groups excluding carboxylic acids is 1. The summed E-state index contributed by atoms with van der Waals surface area (Å²) in [4.78, 5) is 12.9. The Kier molecular flexibility index (Phi) is 10.1. The molecule has 1 saturated heterocycles. The van der Waals surface area contributed by atoms with Crippen molar-refractivity contribution < 1.29 is 28.2 Å². The van der Waals surface area contributed by atoms with Gasteiger partial charge in [-0.25, -0.2) is 4.79 Å². The Morgan fingerprint density at radius 1 is 0.846 bits per heavy atom. The lowest BCUT2D eigenvalue weighted by Gasteiger charge is -2.43. The third-order valence-electron chi connectivity index (χ3n) is 7.29. The number of ether oxygens (including phenoxy) is 4. The molecule has 0 radical (unpaired) electrons. The van der Waals surface area contributed by atoms with Crippen LogP contribution in [0, 0.1) is 5.92 Å². The molecule has 0 amide bonds. The van der Waals surface area contributed by atoms with Crippen molar-refractivity contribution in [3.63, 3.8) is 0 Å². The van der Waals surface area contributed by atoms with Gasteiger partial charge in [0.15, 0.2) is 6.10 Å². The summed E-state index contributed by atoms with van der Waals surface area (Å²) in [5.41, 5.74) is 1.00. The molecule has 0 unspecified atom stereocenters. The van der Waals surface area contributed by atoms with E-state index in [-0.39, 0.29) is 29.8 Å². The molecule has 1 fully saturated rings. The van der Waals surface area contributed by atoms with E-state index in [1.54, 1.807) is 7.11 Å². The Labute approximate surface area is 233 Å². The number of hydrogen-bond acceptors (Lipinski definition) is 6. The molecule has 0 spiro atoms. The van der Waals surface area contributed by atoms with Crippen molar-refractivity contribution in [2.75, 3.05) is 27.1 Å². The molecule has 0 bridgehead atoms. The van der Waals surface area contributed by atoms with Crippen molar-refractivity contribution in [1.29, 1.82) is 0 Å². The Hall–Kier alpha value is -2.81. The maximum atomic E-state index is 12.9. The molecule has 1 aliphatic rings. The SMILES string of the molecule is COCOC[C@@H]1[C@H](CCO[Si](c2ccccc2)(c2ccccc2)C(C)(C)C)OC(=O)[C@@H]1OCc1ccccc1. The van der Waals surface area contributed by atoms with Gasteiger partial charge in [0.2, 0.25) is 0 Å². The summed E-state index contributed by atoms with van der Waals surface area (Å²) in [6.07, 6.45) is -0.545. The first kappa shape index (κ1) is 29.2. The van der Waals surface area contributed by atoms with E-state index in [9.17, 15) is 4.79 Å². The first-order valence-corrected chi connectivity index (χ1v) is 15.5. The molecule has 1 aliphatic heterocycles. The summed E-state index contributed by atoms with van der Waals surface area (Å²) < 4.78 is 29.8. The van der Waals surface area contributed by atoms with E-state index >= 15 is 0 Å². The quantitative estimate of drug-likeness (QED) is 0.134. The largest absolute Gasteiger partial charge is 0.460 e. The minimum absolute atomic E-state index is 0.135. The second kappa shape index (κ2) is 13.5. The van der Waals surface area contributed by atoms with Crippen molar-refractivity contribution >= 4 is 24.7 Å². The van der Waals surface area contributed by atoms with Gasteiger partial charge in [0.25, 0.3) is 8.32 Å². The number of rotatable bonds is 13. The van der Waals surface area contributed by atoms with Gasteiger partial charge in [-0.2, -0.15) is 0 Å². The summed E-state index contributed by atoms with van der Waals surface area (Å²) >= 11 is 0. The Bertz CT molecular complexity index is 1110. The molecule has 3 aromatic rings. The van der Waals surface area contributed by atoms with Crippen molar-refractivity contribution in [2.24, 2.45) is 5.92 Å². The number of benzene rings is 3. The first-order valence-electron chi connectivity index (χ1n) is 13.5. The number of methoxy groups -OCH3 is 1. The molecule has 3 aromatic carbocycles. The Morgan fingerprint density at radius 3 is 1.95 bits per heavy atom. The lowest BCUT2D eigenvalue weighted by molar-refractivity contribution is -0.150. The van der Waals surface area contributed by atoms with Crippen LogP contribution < -0.4 is 10.4 Å². The van der Waals surface area contributed by atoms with E-state index in [2.05, 4.69) is 69.3 Å². The van der Waals surface area contributed by atoms with Crippen LogP contribution in [0.15, 0.2) is 91.0 Å². The fourth-order valence-electron chi connectivity index (χ4n) is 5.45. The van der Waals surface area contributed by atoms with Crippen LogP contribution in [0.25, 0.3) is 0 Å². The second-order valence-corrected chi connectivity index (χ2v) is 15.2. The van der Waals surface area contributed by atoms with Crippen LogP contribution in [0.3, 0.4) is 0 Å². The molecule has 0 saturated carbocycles. The highest BCUT2D eigenvalue weighted by Crippen LogP contribution is 2.37. The highest BCUT2D eigenvalue weighted by atomic mass is 28.4. The molecule has 208 valence electrons. The van der Waals surface area contributed by atoms with Crippen LogP contribution in [0.2, 0.25) is 5.04 Å². The van der Waals surface area contributed by atoms with Crippen LogP contribution >= 0.6 is 0 Å². The first-order chi connectivity index (χ1) is 18.9.